The van der Waals surface area contributed by atoms with Crippen molar-refractivity contribution >= 4 is 17.5 Å². The van der Waals surface area contributed by atoms with Crippen LogP contribution in [0.3, 0.4) is 0 Å². The summed E-state index contributed by atoms with van der Waals surface area (Å²) in [6.07, 6.45) is 0. The van der Waals surface area contributed by atoms with E-state index in [4.69, 9.17) is 9.47 Å². The van der Waals surface area contributed by atoms with Crippen LogP contribution in [0.1, 0.15) is 31.9 Å². The molecule has 5 nitrogen and oxygen atoms in total. The van der Waals surface area contributed by atoms with Crippen molar-refractivity contribution in [2.24, 2.45) is 5.92 Å². The second kappa shape index (κ2) is 8.40. The van der Waals surface area contributed by atoms with E-state index in [-0.39, 0.29) is 5.92 Å². The third-order valence-corrected chi connectivity index (χ3v) is 7.22. The number of esters is 2. The number of hydrogen-bond donors (Lipinski definition) is 0. The lowest BCUT2D eigenvalue weighted by Crippen LogP contribution is -2.56. The number of methoxy groups -OCH3 is 2. The van der Waals surface area contributed by atoms with E-state index in [1.807, 2.05) is 43.3 Å². The largest absolute Gasteiger partial charge is 0.466 e. The summed E-state index contributed by atoms with van der Waals surface area (Å²) in [7, 11) is 2.72. The molecule has 2 aromatic carbocycles. The molecule has 0 fully saturated rings. The van der Waals surface area contributed by atoms with Gasteiger partial charge in [0.1, 0.15) is 0 Å². The summed E-state index contributed by atoms with van der Waals surface area (Å²) in [6.45, 7) is 6.85. The quantitative estimate of drug-likeness (QED) is 0.657. The highest BCUT2D eigenvalue weighted by molar-refractivity contribution is 6.07. The van der Waals surface area contributed by atoms with Gasteiger partial charge in [0.2, 0.25) is 0 Å². The first-order valence-electron chi connectivity index (χ1n) is 10.8. The predicted octanol–water partition coefficient (Wildman–Crippen LogP) is 4.40. The molecule has 2 aliphatic heterocycles. The second-order valence-corrected chi connectivity index (χ2v) is 8.62. The normalized spacial score (nSPS) is 25.2. The van der Waals surface area contributed by atoms with E-state index in [0.29, 0.717) is 17.7 Å². The zero-order valence-electron chi connectivity index (χ0n) is 19.2. The number of carbonyl (C=O) groups excluding carboxylic acids is 2. The Labute approximate surface area is 189 Å². The van der Waals surface area contributed by atoms with Crippen LogP contribution in [0.25, 0.3) is 5.57 Å². The van der Waals surface area contributed by atoms with Gasteiger partial charge in [-0.05, 0) is 30.5 Å². The lowest BCUT2D eigenvalue weighted by molar-refractivity contribution is -0.139. The molecule has 0 amide bonds. The maximum Gasteiger partial charge on any atom is 0.336 e. The molecule has 0 aliphatic carbocycles. The molecule has 2 aromatic rings. The Morgan fingerprint density at radius 3 is 2.06 bits per heavy atom. The van der Waals surface area contributed by atoms with Gasteiger partial charge in [0, 0.05) is 12.5 Å². The fraction of sp³-hybridized carbons (Fsp3) is 0.333. The number of rotatable bonds is 5. The molecule has 4 rings (SSSR count). The van der Waals surface area contributed by atoms with Crippen LogP contribution >= 0.6 is 0 Å². The lowest BCUT2D eigenvalue weighted by Gasteiger charge is -2.49. The third kappa shape index (κ3) is 3.19. The Bertz CT molecular complexity index is 1100. The Morgan fingerprint density at radius 1 is 0.938 bits per heavy atom. The zero-order valence-corrected chi connectivity index (χ0v) is 19.2. The van der Waals surface area contributed by atoms with Crippen molar-refractivity contribution in [3.8, 4) is 0 Å². The number of hydrogen-bond acceptors (Lipinski definition) is 5. The summed E-state index contributed by atoms with van der Waals surface area (Å²) in [5, 5.41) is 0. The van der Waals surface area contributed by atoms with E-state index in [2.05, 4.69) is 43.0 Å². The molecular weight excluding hydrogens is 402 g/mol. The molecule has 2 heterocycles. The molecule has 0 spiro atoms. The number of ether oxygens (including phenoxy) is 2. The van der Waals surface area contributed by atoms with Crippen LogP contribution in [0.2, 0.25) is 0 Å². The average Bonchev–Trinajstić information content (AvgIpc) is 3.04. The minimum Gasteiger partial charge on any atom is -0.466 e. The molecule has 2 aliphatic rings. The molecule has 3 atom stereocenters. The van der Waals surface area contributed by atoms with Crippen molar-refractivity contribution in [3.63, 3.8) is 0 Å². The van der Waals surface area contributed by atoms with Gasteiger partial charge in [0.15, 0.2) is 0 Å². The number of benzene rings is 2. The van der Waals surface area contributed by atoms with Crippen molar-refractivity contribution in [1.29, 1.82) is 0 Å². The molecule has 2 bridgehead atoms. The first-order chi connectivity index (χ1) is 15.4. The van der Waals surface area contributed by atoms with E-state index >= 15 is 0 Å². The van der Waals surface area contributed by atoms with Gasteiger partial charge in [-0.25, -0.2) is 9.59 Å². The van der Waals surface area contributed by atoms with Crippen LogP contribution in [-0.2, 0) is 25.6 Å². The van der Waals surface area contributed by atoms with Crippen LogP contribution < -0.4 is 0 Å². The summed E-state index contributed by atoms with van der Waals surface area (Å²) >= 11 is 0. The van der Waals surface area contributed by atoms with Gasteiger partial charge in [-0.3, -0.25) is 4.90 Å². The molecule has 0 saturated heterocycles. The summed E-state index contributed by atoms with van der Waals surface area (Å²) in [6, 6.07) is 19.8. The van der Waals surface area contributed by atoms with Crippen LogP contribution in [0, 0.1) is 5.92 Å². The van der Waals surface area contributed by atoms with E-state index in [1.165, 1.54) is 14.2 Å². The minimum atomic E-state index is -0.723. The highest BCUT2D eigenvalue weighted by Crippen LogP contribution is 2.56. The van der Waals surface area contributed by atoms with E-state index in [0.717, 1.165) is 22.3 Å². The fourth-order valence-electron chi connectivity index (χ4n) is 5.39. The summed E-state index contributed by atoms with van der Waals surface area (Å²) in [4.78, 5) is 28.6. The van der Waals surface area contributed by atoms with E-state index < -0.39 is 23.5 Å². The fourth-order valence-corrected chi connectivity index (χ4v) is 5.39. The lowest BCUT2D eigenvalue weighted by atomic mass is 9.72. The smallest absolute Gasteiger partial charge is 0.336 e. The highest BCUT2D eigenvalue weighted by atomic mass is 16.5. The molecule has 166 valence electrons. The Hall–Kier alpha value is -3.18. The Balaban J connectivity index is 2.01. The van der Waals surface area contributed by atoms with Gasteiger partial charge < -0.3 is 9.47 Å². The standard InChI is InChI=1S/C27H29NO4/c1-17-18(2)27(3)23(26(30)32-5)22(25(29)31-4)24(21(17)20-14-10-7-11-15-20)28(27)16-19-12-8-6-9-13-19/h6-15,18,24H,16H2,1-5H3/t18-,24+,27-/m0/s1. The van der Waals surface area contributed by atoms with Gasteiger partial charge in [-0.1, -0.05) is 73.2 Å². The van der Waals surface area contributed by atoms with Crippen LogP contribution in [-0.4, -0.2) is 42.6 Å². The number of carbonyl (C=O) groups is 2. The molecule has 0 N–H and O–H groups in total. The van der Waals surface area contributed by atoms with Gasteiger partial charge >= 0.3 is 11.9 Å². The van der Waals surface area contributed by atoms with E-state index in [9.17, 15) is 9.59 Å². The maximum atomic E-state index is 13.2. The van der Waals surface area contributed by atoms with Crippen molar-refractivity contribution in [2.45, 2.75) is 38.9 Å². The van der Waals surface area contributed by atoms with E-state index in [1.54, 1.807) is 0 Å². The average molecular weight is 432 g/mol. The SMILES string of the molecule is COC(=O)C1=C(C(=O)OC)[C@]2(C)[C@@H](C)C(C)=C(c3ccccc3)[C@H]1N2Cc1ccccc1. The Morgan fingerprint density at radius 2 is 1.50 bits per heavy atom. The number of nitrogens with zero attached hydrogens (tertiary/aromatic N) is 1. The van der Waals surface area contributed by atoms with Crippen LogP contribution in [0.4, 0.5) is 0 Å². The molecule has 0 unspecified atom stereocenters. The van der Waals surface area contributed by atoms with Crippen molar-refractivity contribution < 1.29 is 19.1 Å². The van der Waals surface area contributed by atoms with Gasteiger partial charge in [0.25, 0.3) is 0 Å². The highest BCUT2D eigenvalue weighted by Gasteiger charge is 2.60. The first-order valence-corrected chi connectivity index (χ1v) is 10.8. The van der Waals surface area contributed by atoms with Gasteiger partial charge in [-0.2, -0.15) is 0 Å². The first kappa shape index (κ1) is 22.0. The zero-order chi connectivity index (χ0) is 23.0. The van der Waals surface area contributed by atoms with Gasteiger partial charge in [0.05, 0.1) is 36.9 Å². The van der Waals surface area contributed by atoms with Crippen molar-refractivity contribution in [3.05, 3.63) is 88.5 Å². The molecule has 0 aromatic heterocycles. The molecule has 5 heteroatoms. The topological polar surface area (TPSA) is 55.8 Å². The van der Waals surface area contributed by atoms with Crippen LogP contribution in [0.15, 0.2) is 77.4 Å². The third-order valence-electron chi connectivity index (χ3n) is 7.22. The summed E-state index contributed by atoms with van der Waals surface area (Å²) in [5.74, 6) is -1.01. The predicted molar refractivity (Wildman–Crippen MR) is 123 cm³/mol. The van der Waals surface area contributed by atoms with Crippen molar-refractivity contribution in [1.82, 2.24) is 4.90 Å². The van der Waals surface area contributed by atoms with Crippen LogP contribution in [0.5, 0.6) is 0 Å². The maximum absolute atomic E-state index is 13.2. The minimum absolute atomic E-state index is 0.0334. The van der Waals surface area contributed by atoms with Gasteiger partial charge in [-0.15, -0.1) is 0 Å². The van der Waals surface area contributed by atoms with Crippen molar-refractivity contribution in [2.75, 3.05) is 14.2 Å². The monoisotopic (exact) mass is 431 g/mol. The molecule has 0 radical (unpaired) electrons. The summed E-state index contributed by atoms with van der Waals surface area (Å²) in [5.41, 5.74) is 4.40. The molecule has 32 heavy (non-hydrogen) atoms. The molecular formula is C27H29NO4. The molecule has 0 saturated carbocycles. The number of fused-ring (bicyclic) bond motifs is 2. The summed E-state index contributed by atoms with van der Waals surface area (Å²) < 4.78 is 10.4. The second-order valence-electron chi connectivity index (χ2n) is 8.62. The Kier molecular flexibility index (Phi) is 5.78.